The summed E-state index contributed by atoms with van der Waals surface area (Å²) in [5.41, 5.74) is 1.95. The monoisotopic (exact) mass is 315 g/mol. The van der Waals surface area contributed by atoms with Crippen molar-refractivity contribution in [1.29, 1.82) is 0 Å². The van der Waals surface area contributed by atoms with Crippen LogP contribution in [-0.4, -0.2) is 26.1 Å². The minimum Gasteiger partial charge on any atom is -0.342 e. The fraction of sp³-hybridized carbons (Fsp3) is 0.333. The third-order valence-corrected chi connectivity index (χ3v) is 4.07. The number of para-hydroxylation sites is 2. The minimum absolute atomic E-state index is 0.00622. The second-order valence-corrected chi connectivity index (χ2v) is 6.09. The lowest BCUT2D eigenvalue weighted by atomic mass is 10.2. The molecule has 0 aliphatic carbocycles. The average Bonchev–Trinajstić information content (AvgIpc) is 3.11. The third-order valence-electron chi connectivity index (χ3n) is 3.23. The number of fused-ring (bicyclic) bond motifs is 1. The molecule has 114 valence electrons. The van der Waals surface area contributed by atoms with Crippen LogP contribution < -0.4 is 5.32 Å². The summed E-state index contributed by atoms with van der Waals surface area (Å²) >= 11 is 1.39. The summed E-state index contributed by atoms with van der Waals surface area (Å²) in [7, 11) is 0. The van der Waals surface area contributed by atoms with Crippen molar-refractivity contribution in [2.24, 2.45) is 0 Å². The Kier molecular flexibility index (Phi) is 4.43. The molecule has 2 heterocycles. The number of aromatic amines is 1. The number of aromatic nitrogens is 4. The Labute approximate surface area is 132 Å². The van der Waals surface area contributed by atoms with Crippen LogP contribution in [0.5, 0.6) is 0 Å². The van der Waals surface area contributed by atoms with Gasteiger partial charge >= 0.3 is 0 Å². The van der Waals surface area contributed by atoms with Gasteiger partial charge in [-0.3, -0.25) is 4.79 Å². The lowest BCUT2D eigenvalue weighted by molar-refractivity contribution is -0.116. The van der Waals surface area contributed by atoms with Gasteiger partial charge in [-0.1, -0.05) is 36.8 Å². The highest BCUT2D eigenvalue weighted by atomic mass is 32.1. The zero-order valence-corrected chi connectivity index (χ0v) is 13.1. The number of anilines is 1. The number of carbonyl (C=O) groups excluding carboxylic acids is 1. The standard InChI is InChI=1S/C15H17N5OS/c1-2-3-8-13(21)18-15-20-19-14(22-15)9-12-16-10-6-4-5-7-11(10)17-12/h4-7H,2-3,8-9H2,1H3,(H,16,17)(H,18,20,21). The Morgan fingerprint density at radius 1 is 1.32 bits per heavy atom. The fourth-order valence-corrected chi connectivity index (χ4v) is 2.89. The van der Waals surface area contributed by atoms with Crippen molar-refractivity contribution < 1.29 is 4.79 Å². The van der Waals surface area contributed by atoms with E-state index in [9.17, 15) is 4.79 Å². The molecule has 1 amide bonds. The van der Waals surface area contributed by atoms with E-state index in [-0.39, 0.29) is 5.91 Å². The smallest absolute Gasteiger partial charge is 0.226 e. The number of hydrogen-bond donors (Lipinski definition) is 2. The number of nitrogens with one attached hydrogen (secondary N) is 2. The number of H-pyrrole nitrogens is 1. The molecule has 2 N–H and O–H groups in total. The highest BCUT2D eigenvalue weighted by molar-refractivity contribution is 7.15. The molecule has 0 saturated carbocycles. The molecule has 6 nitrogen and oxygen atoms in total. The molecule has 3 rings (SSSR count). The zero-order chi connectivity index (χ0) is 15.4. The lowest BCUT2D eigenvalue weighted by Gasteiger charge is -1.98. The summed E-state index contributed by atoms with van der Waals surface area (Å²) in [5, 5.41) is 12.3. The van der Waals surface area contributed by atoms with E-state index in [4.69, 9.17) is 0 Å². The summed E-state index contributed by atoms with van der Waals surface area (Å²) in [4.78, 5) is 19.4. The molecule has 0 bridgehead atoms. The average molecular weight is 315 g/mol. The Hall–Kier alpha value is -2.28. The molecule has 1 aromatic carbocycles. The van der Waals surface area contributed by atoms with Gasteiger partial charge in [-0.15, -0.1) is 10.2 Å². The number of rotatable bonds is 6. The van der Waals surface area contributed by atoms with E-state index >= 15 is 0 Å². The normalized spacial score (nSPS) is 11.0. The van der Waals surface area contributed by atoms with E-state index in [1.54, 1.807) is 0 Å². The van der Waals surface area contributed by atoms with Crippen molar-refractivity contribution in [3.05, 3.63) is 35.1 Å². The molecular weight excluding hydrogens is 298 g/mol. The van der Waals surface area contributed by atoms with Crippen LogP contribution in [0.4, 0.5) is 5.13 Å². The molecule has 22 heavy (non-hydrogen) atoms. The minimum atomic E-state index is -0.00622. The maximum atomic E-state index is 11.7. The summed E-state index contributed by atoms with van der Waals surface area (Å²) < 4.78 is 0. The van der Waals surface area contributed by atoms with Gasteiger partial charge in [0.05, 0.1) is 17.5 Å². The molecule has 0 aliphatic rings. The SMILES string of the molecule is CCCCC(=O)Nc1nnc(Cc2nc3ccccc3[nH]2)s1. The van der Waals surface area contributed by atoms with Crippen molar-refractivity contribution in [2.45, 2.75) is 32.6 Å². The van der Waals surface area contributed by atoms with Crippen molar-refractivity contribution >= 4 is 33.4 Å². The van der Waals surface area contributed by atoms with Crippen LogP contribution in [0.3, 0.4) is 0 Å². The molecule has 0 saturated heterocycles. The van der Waals surface area contributed by atoms with Gasteiger partial charge in [-0.25, -0.2) is 4.98 Å². The molecule has 0 radical (unpaired) electrons. The number of hydrogen-bond acceptors (Lipinski definition) is 5. The Morgan fingerprint density at radius 2 is 2.18 bits per heavy atom. The second-order valence-electron chi connectivity index (χ2n) is 5.03. The van der Waals surface area contributed by atoms with Crippen LogP contribution in [0.15, 0.2) is 24.3 Å². The van der Waals surface area contributed by atoms with Crippen LogP contribution in [-0.2, 0) is 11.2 Å². The zero-order valence-electron chi connectivity index (χ0n) is 12.3. The van der Waals surface area contributed by atoms with Crippen LogP contribution >= 0.6 is 11.3 Å². The Morgan fingerprint density at radius 3 is 3.00 bits per heavy atom. The molecule has 0 atom stereocenters. The van der Waals surface area contributed by atoms with Crippen molar-refractivity contribution in [1.82, 2.24) is 20.2 Å². The highest BCUT2D eigenvalue weighted by Gasteiger charge is 2.10. The molecule has 3 aromatic rings. The van der Waals surface area contributed by atoms with Crippen molar-refractivity contribution in [2.75, 3.05) is 5.32 Å². The maximum absolute atomic E-state index is 11.7. The summed E-state index contributed by atoms with van der Waals surface area (Å²) in [6, 6.07) is 7.89. The van der Waals surface area contributed by atoms with Gasteiger partial charge < -0.3 is 10.3 Å². The predicted octanol–water partition coefficient (Wildman–Crippen LogP) is 3.13. The summed E-state index contributed by atoms with van der Waals surface area (Å²) in [6.45, 7) is 2.06. The van der Waals surface area contributed by atoms with Crippen LogP contribution in [0, 0.1) is 0 Å². The predicted molar refractivity (Wildman–Crippen MR) is 87.0 cm³/mol. The van der Waals surface area contributed by atoms with Gasteiger partial charge in [-0.05, 0) is 18.6 Å². The van der Waals surface area contributed by atoms with E-state index in [0.29, 0.717) is 18.0 Å². The van der Waals surface area contributed by atoms with E-state index in [2.05, 4.69) is 32.4 Å². The Balaban J connectivity index is 1.65. The molecule has 0 fully saturated rings. The van der Waals surface area contributed by atoms with E-state index in [1.807, 2.05) is 24.3 Å². The summed E-state index contributed by atoms with van der Waals surface area (Å²) in [6.07, 6.45) is 2.99. The van der Waals surface area contributed by atoms with Gasteiger partial charge in [0, 0.05) is 6.42 Å². The van der Waals surface area contributed by atoms with Gasteiger partial charge in [0.1, 0.15) is 10.8 Å². The quantitative estimate of drug-likeness (QED) is 0.732. The number of imidazole rings is 1. The first-order valence-corrected chi connectivity index (χ1v) is 8.12. The van der Waals surface area contributed by atoms with Crippen LogP contribution in [0.1, 0.15) is 37.0 Å². The third kappa shape index (κ3) is 3.48. The van der Waals surface area contributed by atoms with Gasteiger partial charge in [-0.2, -0.15) is 0 Å². The Bertz CT molecular complexity index is 746. The first-order chi connectivity index (χ1) is 10.7. The van der Waals surface area contributed by atoms with Gasteiger partial charge in [0.2, 0.25) is 11.0 Å². The lowest BCUT2D eigenvalue weighted by Crippen LogP contribution is -2.10. The number of amides is 1. The largest absolute Gasteiger partial charge is 0.342 e. The maximum Gasteiger partial charge on any atom is 0.226 e. The molecule has 0 unspecified atom stereocenters. The van der Waals surface area contributed by atoms with Gasteiger partial charge in [0.15, 0.2) is 0 Å². The van der Waals surface area contributed by atoms with Crippen LogP contribution in [0.2, 0.25) is 0 Å². The van der Waals surface area contributed by atoms with E-state index in [1.165, 1.54) is 11.3 Å². The number of carbonyl (C=O) groups is 1. The van der Waals surface area contributed by atoms with Crippen molar-refractivity contribution in [3.8, 4) is 0 Å². The highest BCUT2D eigenvalue weighted by Crippen LogP contribution is 2.19. The van der Waals surface area contributed by atoms with E-state index < -0.39 is 0 Å². The topological polar surface area (TPSA) is 83.6 Å². The van der Waals surface area contributed by atoms with E-state index in [0.717, 1.165) is 34.7 Å². The molecule has 2 aromatic heterocycles. The fourth-order valence-electron chi connectivity index (χ4n) is 2.13. The summed E-state index contributed by atoms with van der Waals surface area (Å²) in [5.74, 6) is 0.842. The second kappa shape index (κ2) is 6.65. The first-order valence-electron chi connectivity index (χ1n) is 7.30. The van der Waals surface area contributed by atoms with Gasteiger partial charge in [0.25, 0.3) is 0 Å². The first kappa shape index (κ1) is 14.6. The molecule has 0 aliphatic heterocycles. The van der Waals surface area contributed by atoms with Crippen LogP contribution in [0.25, 0.3) is 11.0 Å². The molecule has 0 spiro atoms. The molecular formula is C15H17N5OS. The number of nitrogens with zero attached hydrogens (tertiary/aromatic N) is 3. The van der Waals surface area contributed by atoms with Crippen molar-refractivity contribution in [3.63, 3.8) is 0 Å². The number of benzene rings is 1. The number of unbranched alkanes of at least 4 members (excludes halogenated alkanes) is 1. The molecule has 7 heteroatoms.